The first-order chi connectivity index (χ1) is 18.3. The van der Waals surface area contributed by atoms with Crippen molar-refractivity contribution >= 4 is 33.0 Å². The zero-order chi connectivity index (χ0) is 26.7. The van der Waals surface area contributed by atoms with Crippen LogP contribution in [0.5, 0.6) is 0 Å². The molecule has 1 amide bonds. The number of pyridine rings is 1. The summed E-state index contributed by atoms with van der Waals surface area (Å²) in [5, 5.41) is 3.48. The van der Waals surface area contributed by atoms with Gasteiger partial charge < -0.3 is 5.32 Å². The van der Waals surface area contributed by atoms with E-state index in [1.165, 1.54) is 25.2 Å². The Morgan fingerprint density at radius 3 is 2.50 bits per heavy atom. The highest BCUT2D eigenvalue weighted by atomic mass is 35.5. The number of carbonyl (C=O) groups is 1. The van der Waals surface area contributed by atoms with Crippen molar-refractivity contribution in [2.75, 3.05) is 24.7 Å². The van der Waals surface area contributed by atoms with Crippen molar-refractivity contribution < 1.29 is 13.2 Å². The standard InChI is InChI=1S/C30H28ClN3O3S/c1-38(36,37)24-11-12-25(26(19-24)22-8-6-7-21(17-22)20-34-15-4-5-16-34)30(35)33-23-10-13-28(31)27(18-23)29-9-2-3-14-32-29/h2-3,6-14,17-19H,4-5,15-16,20H2,1H3,(H,33,35). The number of halogens is 1. The predicted octanol–water partition coefficient (Wildman–Crippen LogP) is 6.32. The van der Waals surface area contributed by atoms with Gasteiger partial charge in [0.05, 0.1) is 15.6 Å². The molecule has 2 heterocycles. The Morgan fingerprint density at radius 2 is 1.76 bits per heavy atom. The summed E-state index contributed by atoms with van der Waals surface area (Å²) in [6.45, 7) is 2.97. The Morgan fingerprint density at radius 1 is 0.947 bits per heavy atom. The van der Waals surface area contributed by atoms with E-state index in [0.717, 1.165) is 30.8 Å². The molecule has 6 nitrogen and oxygen atoms in total. The van der Waals surface area contributed by atoms with Gasteiger partial charge in [0.1, 0.15) is 0 Å². The van der Waals surface area contributed by atoms with Gasteiger partial charge in [0.2, 0.25) is 0 Å². The zero-order valence-corrected chi connectivity index (χ0v) is 22.6. The van der Waals surface area contributed by atoms with Crippen molar-refractivity contribution in [3.8, 4) is 22.4 Å². The lowest BCUT2D eigenvalue weighted by molar-refractivity contribution is 0.102. The molecule has 3 aromatic carbocycles. The molecule has 0 saturated carbocycles. The number of nitrogens with zero attached hydrogens (tertiary/aromatic N) is 2. The number of carbonyl (C=O) groups excluding carboxylic acids is 1. The maximum Gasteiger partial charge on any atom is 0.256 e. The average molecular weight is 546 g/mol. The monoisotopic (exact) mass is 545 g/mol. The van der Waals surface area contributed by atoms with E-state index in [1.54, 1.807) is 36.5 Å². The van der Waals surface area contributed by atoms with E-state index in [9.17, 15) is 13.2 Å². The Labute approximate surface area is 228 Å². The topological polar surface area (TPSA) is 79.4 Å². The summed E-state index contributed by atoms with van der Waals surface area (Å²) in [4.78, 5) is 20.5. The third kappa shape index (κ3) is 5.96. The minimum absolute atomic E-state index is 0.165. The molecular weight excluding hydrogens is 518 g/mol. The van der Waals surface area contributed by atoms with Crippen molar-refractivity contribution in [2.45, 2.75) is 24.3 Å². The van der Waals surface area contributed by atoms with Crippen LogP contribution in [0.4, 0.5) is 5.69 Å². The Kier molecular flexibility index (Phi) is 7.61. The van der Waals surface area contributed by atoms with E-state index in [-0.39, 0.29) is 10.8 Å². The number of benzene rings is 3. The van der Waals surface area contributed by atoms with E-state index in [0.29, 0.717) is 33.1 Å². The first kappa shape index (κ1) is 26.1. The number of likely N-dealkylation sites (tertiary alicyclic amines) is 1. The largest absolute Gasteiger partial charge is 0.322 e. The Hall–Kier alpha value is -3.52. The summed E-state index contributed by atoms with van der Waals surface area (Å²) >= 11 is 6.41. The maximum atomic E-state index is 13.5. The predicted molar refractivity (Wildman–Crippen MR) is 152 cm³/mol. The molecule has 0 atom stereocenters. The van der Waals surface area contributed by atoms with Gasteiger partial charge >= 0.3 is 0 Å². The summed E-state index contributed by atoms with van der Waals surface area (Å²) < 4.78 is 24.7. The van der Waals surface area contributed by atoms with E-state index >= 15 is 0 Å². The van der Waals surface area contributed by atoms with E-state index in [1.807, 2.05) is 36.4 Å². The number of hydrogen-bond donors (Lipinski definition) is 1. The van der Waals surface area contributed by atoms with Crippen LogP contribution in [0.25, 0.3) is 22.4 Å². The van der Waals surface area contributed by atoms with Crippen LogP contribution in [0.3, 0.4) is 0 Å². The van der Waals surface area contributed by atoms with Gasteiger partial charge in [-0.05, 0) is 97.2 Å². The molecule has 194 valence electrons. The molecule has 0 spiro atoms. The SMILES string of the molecule is CS(=O)(=O)c1ccc(C(=O)Nc2ccc(Cl)c(-c3ccccn3)c2)c(-c2cccc(CN3CCCC3)c2)c1. The zero-order valence-electron chi connectivity index (χ0n) is 21.0. The second-order valence-electron chi connectivity index (χ2n) is 9.53. The Bertz CT molecular complexity index is 1580. The molecular formula is C30H28ClN3O3S. The molecule has 1 fully saturated rings. The summed E-state index contributed by atoms with van der Waals surface area (Å²) in [5.41, 5.74) is 4.81. The minimum atomic E-state index is -3.47. The lowest BCUT2D eigenvalue weighted by Crippen LogP contribution is -2.18. The van der Waals surface area contributed by atoms with Crippen LogP contribution in [0.2, 0.25) is 5.02 Å². The molecule has 4 aromatic rings. The molecule has 0 radical (unpaired) electrons. The third-order valence-electron chi connectivity index (χ3n) is 6.67. The number of anilines is 1. The molecule has 0 bridgehead atoms. The van der Waals surface area contributed by atoms with Crippen LogP contribution >= 0.6 is 11.6 Å². The second-order valence-corrected chi connectivity index (χ2v) is 11.9. The van der Waals surface area contributed by atoms with Crippen LogP contribution in [0.15, 0.2) is 90.0 Å². The molecule has 1 saturated heterocycles. The van der Waals surface area contributed by atoms with Gasteiger partial charge in [-0.2, -0.15) is 0 Å². The highest BCUT2D eigenvalue weighted by molar-refractivity contribution is 7.90. The van der Waals surface area contributed by atoms with Gasteiger partial charge in [-0.1, -0.05) is 35.9 Å². The molecule has 1 aromatic heterocycles. The van der Waals surface area contributed by atoms with Gasteiger partial charge in [-0.3, -0.25) is 14.7 Å². The summed E-state index contributed by atoms with van der Waals surface area (Å²) in [5.74, 6) is -0.348. The molecule has 8 heteroatoms. The van der Waals surface area contributed by atoms with Gasteiger partial charge in [-0.15, -0.1) is 0 Å². The van der Waals surface area contributed by atoms with Crippen LogP contribution in [0, 0.1) is 0 Å². The number of hydrogen-bond acceptors (Lipinski definition) is 5. The van der Waals surface area contributed by atoms with E-state index in [2.05, 4.69) is 21.3 Å². The highest BCUT2D eigenvalue weighted by Gasteiger charge is 2.19. The van der Waals surface area contributed by atoms with Crippen molar-refractivity contribution in [3.63, 3.8) is 0 Å². The maximum absolute atomic E-state index is 13.5. The fraction of sp³-hybridized carbons (Fsp3) is 0.200. The molecule has 38 heavy (non-hydrogen) atoms. The van der Waals surface area contributed by atoms with E-state index < -0.39 is 9.84 Å². The first-order valence-corrected chi connectivity index (χ1v) is 14.7. The van der Waals surface area contributed by atoms with Crippen molar-refractivity contribution in [1.82, 2.24) is 9.88 Å². The third-order valence-corrected chi connectivity index (χ3v) is 8.11. The molecule has 1 N–H and O–H groups in total. The molecule has 0 unspecified atom stereocenters. The fourth-order valence-corrected chi connectivity index (χ4v) is 5.61. The summed E-state index contributed by atoms with van der Waals surface area (Å²) in [6, 6.07) is 23.4. The van der Waals surface area contributed by atoms with Gasteiger partial charge in [-0.25, -0.2) is 8.42 Å². The fourth-order valence-electron chi connectivity index (χ4n) is 4.75. The van der Waals surface area contributed by atoms with Gasteiger partial charge in [0.25, 0.3) is 5.91 Å². The number of amides is 1. The molecule has 1 aliphatic heterocycles. The van der Waals surface area contributed by atoms with Crippen LogP contribution in [-0.2, 0) is 16.4 Å². The molecule has 1 aliphatic rings. The first-order valence-electron chi connectivity index (χ1n) is 12.5. The van der Waals surface area contributed by atoms with E-state index in [4.69, 9.17) is 11.6 Å². The van der Waals surface area contributed by atoms with Crippen LogP contribution < -0.4 is 5.32 Å². The summed E-state index contributed by atoms with van der Waals surface area (Å²) in [6.07, 6.45) is 5.26. The average Bonchev–Trinajstić information content (AvgIpc) is 3.42. The minimum Gasteiger partial charge on any atom is -0.322 e. The van der Waals surface area contributed by atoms with Crippen molar-refractivity contribution in [3.05, 3.63) is 101 Å². The van der Waals surface area contributed by atoms with Crippen LogP contribution in [0.1, 0.15) is 28.8 Å². The highest BCUT2D eigenvalue weighted by Crippen LogP contribution is 2.32. The molecule has 5 rings (SSSR count). The lowest BCUT2D eigenvalue weighted by Gasteiger charge is -2.17. The van der Waals surface area contributed by atoms with Crippen molar-refractivity contribution in [1.29, 1.82) is 0 Å². The van der Waals surface area contributed by atoms with Crippen LogP contribution in [-0.4, -0.2) is 43.6 Å². The number of rotatable bonds is 7. The smallest absolute Gasteiger partial charge is 0.256 e. The number of aromatic nitrogens is 1. The summed E-state index contributed by atoms with van der Waals surface area (Å²) in [7, 11) is -3.47. The molecule has 0 aliphatic carbocycles. The van der Waals surface area contributed by atoms with Crippen molar-refractivity contribution in [2.24, 2.45) is 0 Å². The van der Waals surface area contributed by atoms with Gasteiger partial charge in [0, 0.05) is 35.8 Å². The van der Waals surface area contributed by atoms with Gasteiger partial charge in [0.15, 0.2) is 9.84 Å². The Balaban J connectivity index is 1.50. The number of sulfone groups is 1. The quantitative estimate of drug-likeness (QED) is 0.294. The lowest BCUT2D eigenvalue weighted by atomic mass is 9.97. The normalized spacial score (nSPS) is 13.9. The second kappa shape index (κ2) is 11.1. The number of nitrogens with one attached hydrogen (secondary N) is 1.